The van der Waals surface area contributed by atoms with Crippen LogP contribution in [0, 0.1) is 5.92 Å². The zero-order valence-corrected chi connectivity index (χ0v) is 15.7. The molecule has 1 aliphatic rings. The minimum Gasteiger partial charge on any atom is -0.388 e. The van der Waals surface area contributed by atoms with Gasteiger partial charge in [0.15, 0.2) is 10.9 Å². The van der Waals surface area contributed by atoms with Crippen LogP contribution in [-0.4, -0.2) is 45.5 Å². The molecule has 0 aromatic heterocycles. The van der Waals surface area contributed by atoms with Crippen LogP contribution in [0.3, 0.4) is 0 Å². The van der Waals surface area contributed by atoms with E-state index in [1.807, 2.05) is 44.2 Å². The second kappa shape index (κ2) is 9.15. The van der Waals surface area contributed by atoms with Crippen LogP contribution >= 0.6 is 25.7 Å². The van der Waals surface area contributed by atoms with Crippen molar-refractivity contribution < 1.29 is 14.7 Å². The van der Waals surface area contributed by atoms with Gasteiger partial charge in [-0.25, -0.2) is 0 Å². The molecule has 24 heavy (non-hydrogen) atoms. The van der Waals surface area contributed by atoms with E-state index in [2.05, 4.69) is 5.32 Å². The number of amides is 1. The molecular formula is C17H24N2O3S2. The van der Waals surface area contributed by atoms with Crippen molar-refractivity contribution in [1.82, 2.24) is 10.2 Å². The van der Waals surface area contributed by atoms with E-state index in [1.165, 1.54) is 4.90 Å². The first-order valence-electron chi connectivity index (χ1n) is 7.76. The highest BCUT2D eigenvalue weighted by Gasteiger charge is 2.42. The smallest absolute Gasteiger partial charge is 0.251 e. The number of aliphatic hydroxyl groups excluding tert-OH is 1. The molecule has 2 N–H and O–H groups in total. The molecule has 1 unspecified atom stereocenters. The fourth-order valence-electron chi connectivity index (χ4n) is 2.87. The van der Waals surface area contributed by atoms with Crippen molar-refractivity contribution in [3.63, 3.8) is 0 Å². The van der Waals surface area contributed by atoms with Crippen LogP contribution in [0.2, 0.25) is 0 Å². The predicted molar refractivity (Wildman–Crippen MR) is 102 cm³/mol. The van der Waals surface area contributed by atoms with Gasteiger partial charge in [0.05, 0.1) is 0 Å². The Balaban J connectivity index is 0.00000288. The summed E-state index contributed by atoms with van der Waals surface area (Å²) in [6.07, 6.45) is 1.36. The third-order valence-electron chi connectivity index (χ3n) is 4.01. The molecule has 0 radical (unpaired) electrons. The van der Waals surface area contributed by atoms with Gasteiger partial charge < -0.3 is 10.4 Å². The predicted octanol–water partition coefficient (Wildman–Crippen LogP) is 1.40. The monoisotopic (exact) mass is 368 g/mol. The maximum absolute atomic E-state index is 12.6. The molecule has 2 atom stereocenters. The summed E-state index contributed by atoms with van der Waals surface area (Å²) in [5.41, 5.74) is 1.15. The van der Waals surface area contributed by atoms with Crippen LogP contribution < -0.4 is 5.32 Å². The largest absolute Gasteiger partial charge is 0.388 e. The number of Topliss-reactive ketones (excluding diaryl/α,β-unsaturated/α-hetero) is 1. The molecule has 2 rings (SSSR count). The van der Waals surface area contributed by atoms with Gasteiger partial charge in [-0.15, -0.1) is 0 Å². The molecule has 1 saturated heterocycles. The third kappa shape index (κ3) is 4.55. The van der Waals surface area contributed by atoms with E-state index in [0.717, 1.165) is 12.0 Å². The number of thiocarbonyl (C=S) groups is 1. The fourth-order valence-corrected chi connectivity index (χ4v) is 3.22. The minimum atomic E-state index is -0.714. The first-order valence-corrected chi connectivity index (χ1v) is 8.17. The van der Waals surface area contributed by atoms with Gasteiger partial charge >= 0.3 is 0 Å². The Morgan fingerprint density at radius 3 is 2.50 bits per heavy atom. The Bertz CT molecular complexity index is 593. The van der Waals surface area contributed by atoms with Crippen molar-refractivity contribution in [2.75, 3.05) is 6.61 Å². The number of nitrogens with one attached hydrogen (secondary N) is 1. The van der Waals surface area contributed by atoms with E-state index in [9.17, 15) is 9.59 Å². The first-order chi connectivity index (χ1) is 11.0. The van der Waals surface area contributed by atoms with Gasteiger partial charge in [0, 0.05) is 0 Å². The van der Waals surface area contributed by atoms with E-state index < -0.39 is 18.7 Å². The SMILES string of the molecule is CC(C)C(C(=O)CO)N1C(=O)[C@H](CCc2ccccc2)NC1=S.S. The molecule has 1 aromatic carbocycles. The Hall–Kier alpha value is -1.44. The summed E-state index contributed by atoms with van der Waals surface area (Å²) in [5, 5.41) is 12.4. The van der Waals surface area contributed by atoms with Gasteiger partial charge in [-0.2, -0.15) is 13.5 Å². The highest BCUT2D eigenvalue weighted by atomic mass is 32.1. The molecular weight excluding hydrogens is 344 g/mol. The lowest BCUT2D eigenvalue weighted by Gasteiger charge is -2.28. The average molecular weight is 369 g/mol. The molecule has 0 bridgehead atoms. The van der Waals surface area contributed by atoms with Crippen molar-refractivity contribution >= 4 is 42.5 Å². The third-order valence-corrected chi connectivity index (χ3v) is 4.33. The Morgan fingerprint density at radius 2 is 1.96 bits per heavy atom. The van der Waals surface area contributed by atoms with Crippen molar-refractivity contribution in [3.8, 4) is 0 Å². The van der Waals surface area contributed by atoms with Crippen LogP contribution in [0.4, 0.5) is 0 Å². The zero-order valence-electron chi connectivity index (χ0n) is 13.9. The lowest BCUT2D eigenvalue weighted by molar-refractivity contribution is -0.137. The first kappa shape index (κ1) is 20.6. The minimum absolute atomic E-state index is 0. The van der Waals surface area contributed by atoms with Gasteiger partial charge in [0.1, 0.15) is 18.7 Å². The highest BCUT2D eigenvalue weighted by Crippen LogP contribution is 2.20. The molecule has 1 aliphatic heterocycles. The second-order valence-electron chi connectivity index (χ2n) is 6.05. The molecule has 5 nitrogen and oxygen atoms in total. The summed E-state index contributed by atoms with van der Waals surface area (Å²) in [6.45, 7) is 3.08. The maximum atomic E-state index is 12.6. The molecule has 7 heteroatoms. The molecule has 132 valence electrons. The van der Waals surface area contributed by atoms with Crippen molar-refractivity contribution in [2.45, 2.75) is 38.8 Å². The number of aliphatic hydroxyl groups is 1. The van der Waals surface area contributed by atoms with Gasteiger partial charge in [-0.05, 0) is 36.5 Å². The number of rotatable bonds is 7. The Labute approximate surface area is 154 Å². The number of benzene rings is 1. The van der Waals surface area contributed by atoms with E-state index >= 15 is 0 Å². The Morgan fingerprint density at radius 1 is 1.33 bits per heavy atom. The van der Waals surface area contributed by atoms with Crippen molar-refractivity contribution in [1.29, 1.82) is 0 Å². The van der Waals surface area contributed by atoms with Gasteiger partial charge in [0.25, 0.3) is 5.91 Å². The molecule has 0 aliphatic carbocycles. The van der Waals surface area contributed by atoms with Crippen molar-refractivity contribution in [3.05, 3.63) is 35.9 Å². The Kier molecular flexibility index (Phi) is 7.86. The molecule has 1 fully saturated rings. The van der Waals surface area contributed by atoms with E-state index in [0.29, 0.717) is 6.42 Å². The maximum Gasteiger partial charge on any atom is 0.251 e. The summed E-state index contributed by atoms with van der Waals surface area (Å²) in [5.74, 6) is -0.695. The number of hydrogen-bond donors (Lipinski definition) is 2. The number of hydrogen-bond acceptors (Lipinski definition) is 4. The van der Waals surface area contributed by atoms with E-state index in [1.54, 1.807) is 0 Å². The number of carbonyl (C=O) groups excluding carboxylic acids is 2. The normalized spacial score (nSPS) is 18.3. The number of nitrogens with zero attached hydrogens (tertiary/aromatic N) is 1. The van der Waals surface area contributed by atoms with Crippen LogP contribution in [0.1, 0.15) is 25.8 Å². The molecule has 1 amide bonds. The zero-order chi connectivity index (χ0) is 17.0. The summed E-state index contributed by atoms with van der Waals surface area (Å²) in [6, 6.07) is 8.77. The highest BCUT2D eigenvalue weighted by molar-refractivity contribution is 7.80. The van der Waals surface area contributed by atoms with Gasteiger partial charge in [-0.1, -0.05) is 44.2 Å². The standard InChI is InChI=1S/C17H22N2O3S.H2S/c1-11(2)15(14(21)10-20)19-16(22)13(18-17(19)23)9-8-12-6-4-3-5-7-12;/h3-7,11,13,15,20H,8-10H2,1-2H3,(H,18,23);1H2/t13-,15?;/m0./s1. The summed E-state index contributed by atoms with van der Waals surface area (Å²) < 4.78 is 0. The number of aryl methyl sites for hydroxylation is 1. The van der Waals surface area contributed by atoms with Crippen molar-refractivity contribution in [2.24, 2.45) is 5.92 Å². The average Bonchev–Trinajstić information content (AvgIpc) is 2.81. The van der Waals surface area contributed by atoms with Crippen LogP contribution in [-0.2, 0) is 16.0 Å². The van der Waals surface area contributed by atoms with Crippen LogP contribution in [0.15, 0.2) is 30.3 Å². The fraction of sp³-hybridized carbons (Fsp3) is 0.471. The van der Waals surface area contributed by atoms with E-state index in [4.69, 9.17) is 17.3 Å². The van der Waals surface area contributed by atoms with E-state index in [-0.39, 0.29) is 36.2 Å². The van der Waals surface area contributed by atoms with Crippen LogP contribution in [0.25, 0.3) is 0 Å². The van der Waals surface area contributed by atoms with Gasteiger partial charge in [0.2, 0.25) is 0 Å². The lowest BCUT2D eigenvalue weighted by atomic mass is 9.98. The molecule has 1 heterocycles. The van der Waals surface area contributed by atoms with Crippen LogP contribution in [0.5, 0.6) is 0 Å². The quantitative estimate of drug-likeness (QED) is 0.712. The lowest BCUT2D eigenvalue weighted by Crippen LogP contribution is -2.49. The summed E-state index contributed by atoms with van der Waals surface area (Å²) >= 11 is 5.25. The second-order valence-corrected chi connectivity index (χ2v) is 6.43. The number of ketones is 1. The summed E-state index contributed by atoms with van der Waals surface area (Å²) in [4.78, 5) is 26.0. The molecule has 1 aromatic rings. The molecule has 0 spiro atoms. The molecule has 0 saturated carbocycles. The topological polar surface area (TPSA) is 69.6 Å². The van der Waals surface area contributed by atoms with Gasteiger partial charge in [-0.3, -0.25) is 14.5 Å². The number of carbonyl (C=O) groups is 2. The summed E-state index contributed by atoms with van der Waals surface area (Å²) in [7, 11) is 0.